The largest absolute Gasteiger partial charge is 0.465 e. The minimum atomic E-state index is -0.882. The van der Waals surface area contributed by atoms with Gasteiger partial charge in [-0.05, 0) is 24.0 Å². The first-order valence-electron chi connectivity index (χ1n) is 5.88. The molecule has 2 rings (SSSR count). The minimum absolute atomic E-state index is 0.475. The molecule has 1 aliphatic heterocycles. The second-order valence-electron chi connectivity index (χ2n) is 4.23. The van der Waals surface area contributed by atoms with Gasteiger partial charge in [0.1, 0.15) is 0 Å². The van der Waals surface area contributed by atoms with Gasteiger partial charge in [-0.3, -0.25) is 0 Å². The van der Waals surface area contributed by atoms with E-state index in [0.717, 1.165) is 11.1 Å². The molecule has 0 radical (unpaired) electrons. The number of nitrogens with zero attached hydrogens (tertiary/aromatic N) is 2. The average Bonchev–Trinajstić information content (AvgIpc) is 2.41. The van der Waals surface area contributed by atoms with E-state index in [9.17, 15) is 10.1 Å². The first-order chi connectivity index (χ1) is 8.72. The summed E-state index contributed by atoms with van der Waals surface area (Å²) >= 11 is 0. The van der Waals surface area contributed by atoms with Crippen LogP contribution in [0.4, 0.5) is 4.79 Å². The Morgan fingerprint density at radius 1 is 1.22 bits per heavy atom. The molecule has 4 heteroatoms. The van der Waals surface area contributed by atoms with Crippen molar-refractivity contribution in [1.82, 2.24) is 4.90 Å². The molecule has 0 atom stereocenters. The van der Waals surface area contributed by atoms with Gasteiger partial charge in [-0.1, -0.05) is 30.3 Å². The maximum Gasteiger partial charge on any atom is 0.407 e. The van der Waals surface area contributed by atoms with Gasteiger partial charge in [0.25, 0.3) is 0 Å². The Labute approximate surface area is 106 Å². The number of carboxylic acid groups (broad SMARTS) is 1. The van der Waals surface area contributed by atoms with E-state index in [2.05, 4.69) is 6.07 Å². The van der Waals surface area contributed by atoms with Crippen molar-refractivity contribution in [1.29, 1.82) is 5.26 Å². The fourth-order valence-electron chi connectivity index (χ4n) is 2.17. The van der Waals surface area contributed by atoms with Crippen molar-refractivity contribution in [3.63, 3.8) is 0 Å². The van der Waals surface area contributed by atoms with E-state index >= 15 is 0 Å². The Morgan fingerprint density at radius 3 is 2.33 bits per heavy atom. The van der Waals surface area contributed by atoms with Crippen LogP contribution in [0.3, 0.4) is 0 Å². The Balaban J connectivity index is 2.21. The molecule has 1 amide bonds. The van der Waals surface area contributed by atoms with Gasteiger partial charge in [0.15, 0.2) is 0 Å². The third kappa shape index (κ3) is 2.51. The van der Waals surface area contributed by atoms with Crippen molar-refractivity contribution >= 4 is 11.7 Å². The molecule has 1 aromatic rings. The predicted octanol–water partition coefficient (Wildman–Crippen LogP) is 2.74. The molecule has 18 heavy (non-hydrogen) atoms. The van der Waals surface area contributed by atoms with E-state index in [-0.39, 0.29) is 0 Å². The lowest BCUT2D eigenvalue weighted by Crippen LogP contribution is -2.35. The van der Waals surface area contributed by atoms with E-state index in [4.69, 9.17) is 5.11 Å². The van der Waals surface area contributed by atoms with Crippen molar-refractivity contribution < 1.29 is 9.90 Å². The quantitative estimate of drug-likeness (QED) is 0.770. The molecule has 1 N–H and O–H groups in total. The summed E-state index contributed by atoms with van der Waals surface area (Å²) in [5.74, 6) is 0. The summed E-state index contributed by atoms with van der Waals surface area (Å²) in [4.78, 5) is 12.2. The summed E-state index contributed by atoms with van der Waals surface area (Å²) in [6.07, 6.45) is 0.404. The zero-order valence-electron chi connectivity index (χ0n) is 9.97. The molecule has 1 aromatic carbocycles. The average molecular weight is 242 g/mol. The number of likely N-dealkylation sites (tertiary alicyclic amines) is 1. The Hall–Kier alpha value is -2.28. The number of hydrogen-bond acceptors (Lipinski definition) is 2. The predicted molar refractivity (Wildman–Crippen MR) is 67.8 cm³/mol. The summed E-state index contributed by atoms with van der Waals surface area (Å²) in [5, 5.41) is 18.2. The van der Waals surface area contributed by atoms with E-state index in [1.165, 1.54) is 4.90 Å². The maximum absolute atomic E-state index is 10.8. The number of allylic oxidation sites excluding steroid dienone is 1. The summed E-state index contributed by atoms with van der Waals surface area (Å²) in [6, 6.07) is 11.8. The first kappa shape index (κ1) is 12.2. The number of hydrogen-bond donors (Lipinski definition) is 1. The van der Waals surface area contributed by atoms with Gasteiger partial charge in [-0.2, -0.15) is 5.26 Å². The highest BCUT2D eigenvalue weighted by molar-refractivity contribution is 5.79. The van der Waals surface area contributed by atoms with Crippen molar-refractivity contribution in [2.75, 3.05) is 13.1 Å². The lowest BCUT2D eigenvalue weighted by Gasteiger charge is -2.26. The van der Waals surface area contributed by atoms with Crippen molar-refractivity contribution in [2.24, 2.45) is 0 Å². The van der Waals surface area contributed by atoms with Crippen LogP contribution in [0.2, 0.25) is 0 Å². The number of carbonyl (C=O) groups is 1. The summed E-state index contributed by atoms with van der Waals surface area (Å²) < 4.78 is 0. The highest BCUT2D eigenvalue weighted by Crippen LogP contribution is 2.26. The lowest BCUT2D eigenvalue weighted by molar-refractivity contribution is 0.142. The van der Waals surface area contributed by atoms with Gasteiger partial charge in [0, 0.05) is 13.1 Å². The number of benzene rings is 1. The fourth-order valence-corrected chi connectivity index (χ4v) is 2.17. The third-order valence-electron chi connectivity index (χ3n) is 3.17. The van der Waals surface area contributed by atoms with Crippen LogP contribution >= 0.6 is 0 Å². The normalized spacial score (nSPS) is 15.1. The molecule has 1 fully saturated rings. The number of rotatable bonds is 1. The molecule has 0 saturated carbocycles. The highest BCUT2D eigenvalue weighted by atomic mass is 16.4. The number of amides is 1. The molecule has 1 heterocycles. The minimum Gasteiger partial charge on any atom is -0.465 e. The molecule has 0 bridgehead atoms. The van der Waals surface area contributed by atoms with E-state index in [0.29, 0.717) is 31.5 Å². The molecule has 92 valence electrons. The molecular weight excluding hydrogens is 228 g/mol. The van der Waals surface area contributed by atoms with Gasteiger partial charge >= 0.3 is 6.09 Å². The standard InChI is InChI=1S/C14H14N2O2/c15-10-13(11-4-2-1-3-5-11)12-6-8-16(9-7-12)14(17)18/h1-5H,6-9H2,(H,17,18). The monoisotopic (exact) mass is 242 g/mol. The zero-order valence-corrected chi connectivity index (χ0v) is 9.97. The lowest BCUT2D eigenvalue weighted by atomic mass is 9.94. The van der Waals surface area contributed by atoms with Crippen molar-refractivity contribution in [3.8, 4) is 6.07 Å². The molecule has 1 saturated heterocycles. The van der Waals surface area contributed by atoms with Gasteiger partial charge < -0.3 is 10.0 Å². The van der Waals surface area contributed by atoms with E-state index < -0.39 is 6.09 Å². The van der Waals surface area contributed by atoms with Crippen LogP contribution in [0.15, 0.2) is 35.9 Å². The Morgan fingerprint density at radius 2 is 1.83 bits per heavy atom. The number of nitriles is 1. The highest BCUT2D eigenvalue weighted by Gasteiger charge is 2.20. The van der Waals surface area contributed by atoms with Crippen LogP contribution in [-0.4, -0.2) is 29.2 Å². The van der Waals surface area contributed by atoms with Crippen LogP contribution in [0.1, 0.15) is 18.4 Å². The second-order valence-corrected chi connectivity index (χ2v) is 4.23. The second kappa shape index (κ2) is 5.37. The topological polar surface area (TPSA) is 64.3 Å². The summed E-state index contributed by atoms with van der Waals surface area (Å²) in [7, 11) is 0. The van der Waals surface area contributed by atoms with Gasteiger partial charge in [-0.15, -0.1) is 0 Å². The molecule has 0 unspecified atom stereocenters. The summed E-state index contributed by atoms with van der Waals surface area (Å²) in [5.41, 5.74) is 2.67. The van der Waals surface area contributed by atoms with Gasteiger partial charge in [-0.25, -0.2) is 4.79 Å². The van der Waals surface area contributed by atoms with Gasteiger partial charge in [0.05, 0.1) is 11.6 Å². The fraction of sp³-hybridized carbons (Fsp3) is 0.286. The molecule has 1 aliphatic rings. The molecule has 0 spiro atoms. The van der Waals surface area contributed by atoms with E-state index in [1.807, 2.05) is 30.3 Å². The van der Waals surface area contributed by atoms with Crippen LogP contribution in [0.5, 0.6) is 0 Å². The molecule has 4 nitrogen and oxygen atoms in total. The van der Waals surface area contributed by atoms with Crippen LogP contribution in [-0.2, 0) is 0 Å². The smallest absolute Gasteiger partial charge is 0.407 e. The summed E-state index contributed by atoms with van der Waals surface area (Å²) in [6.45, 7) is 0.950. The number of piperidine rings is 1. The van der Waals surface area contributed by atoms with Crippen molar-refractivity contribution in [2.45, 2.75) is 12.8 Å². The Kier molecular flexibility index (Phi) is 3.63. The molecule has 0 aliphatic carbocycles. The third-order valence-corrected chi connectivity index (χ3v) is 3.17. The molecule has 0 aromatic heterocycles. The van der Waals surface area contributed by atoms with Gasteiger partial charge in [0.2, 0.25) is 0 Å². The first-order valence-corrected chi connectivity index (χ1v) is 5.88. The van der Waals surface area contributed by atoms with Crippen molar-refractivity contribution in [3.05, 3.63) is 41.5 Å². The van der Waals surface area contributed by atoms with Crippen LogP contribution in [0, 0.1) is 11.3 Å². The SMILES string of the molecule is N#CC(=C1CCN(C(=O)O)CC1)c1ccccc1. The maximum atomic E-state index is 10.8. The molecular formula is C14H14N2O2. The zero-order chi connectivity index (χ0) is 13.0. The van der Waals surface area contributed by atoms with Crippen LogP contribution in [0.25, 0.3) is 5.57 Å². The van der Waals surface area contributed by atoms with E-state index in [1.54, 1.807) is 0 Å². The van der Waals surface area contributed by atoms with Crippen LogP contribution < -0.4 is 0 Å². The Bertz CT molecular complexity index is 504.